The van der Waals surface area contributed by atoms with E-state index in [1.54, 1.807) is 0 Å². The molecule has 0 atom stereocenters. The fraction of sp³-hybridized carbons (Fsp3) is 0.923. The number of rotatable bonds is 3. The predicted molar refractivity (Wildman–Crippen MR) is 87.8 cm³/mol. The van der Waals surface area contributed by atoms with E-state index in [4.69, 9.17) is 0 Å². The Morgan fingerprint density at radius 2 is 1.94 bits per heavy atom. The van der Waals surface area contributed by atoms with Crippen LogP contribution in [0.5, 0.6) is 0 Å². The van der Waals surface area contributed by atoms with E-state index in [2.05, 4.69) is 34.4 Å². The zero-order chi connectivity index (χ0) is 12.1. The Balaban J connectivity index is 0.00000162. The lowest BCUT2D eigenvalue weighted by Gasteiger charge is -2.41. The van der Waals surface area contributed by atoms with Crippen LogP contribution in [0.15, 0.2) is 4.99 Å². The van der Waals surface area contributed by atoms with Crippen LogP contribution in [0.3, 0.4) is 0 Å². The Morgan fingerprint density at radius 1 is 1.22 bits per heavy atom. The fourth-order valence-corrected chi connectivity index (χ4v) is 2.56. The van der Waals surface area contributed by atoms with Crippen molar-refractivity contribution >= 4 is 29.9 Å². The van der Waals surface area contributed by atoms with Crippen molar-refractivity contribution in [1.29, 1.82) is 0 Å². The van der Waals surface area contributed by atoms with Gasteiger partial charge in [0.2, 0.25) is 0 Å². The molecule has 2 aliphatic heterocycles. The van der Waals surface area contributed by atoms with Gasteiger partial charge in [-0.1, -0.05) is 6.42 Å². The first kappa shape index (κ1) is 16.0. The number of hydrogen-bond donors (Lipinski definition) is 2. The molecule has 1 saturated heterocycles. The number of aliphatic imine (C=N–C) groups is 1. The maximum Gasteiger partial charge on any atom is 0.191 e. The maximum absolute atomic E-state index is 4.45. The first-order valence-electron chi connectivity index (χ1n) is 6.96. The van der Waals surface area contributed by atoms with Crippen molar-refractivity contribution in [3.8, 4) is 0 Å². The second-order valence-corrected chi connectivity index (χ2v) is 5.72. The lowest BCUT2D eigenvalue weighted by atomic mass is 9.98. The molecule has 5 heteroatoms. The van der Waals surface area contributed by atoms with Crippen LogP contribution < -0.4 is 10.6 Å². The summed E-state index contributed by atoms with van der Waals surface area (Å²) in [4.78, 5) is 7.06. The molecule has 0 aromatic heterocycles. The van der Waals surface area contributed by atoms with Gasteiger partial charge < -0.3 is 10.6 Å². The van der Waals surface area contributed by atoms with Gasteiger partial charge in [0.05, 0.1) is 0 Å². The van der Waals surface area contributed by atoms with Crippen molar-refractivity contribution in [2.24, 2.45) is 4.99 Å². The largest absolute Gasteiger partial charge is 0.356 e. The highest BCUT2D eigenvalue weighted by Crippen LogP contribution is 2.19. The smallest absolute Gasteiger partial charge is 0.191 e. The number of likely N-dealkylation sites (tertiary alicyclic amines) is 1. The molecular weight excluding hydrogens is 339 g/mol. The standard InChI is InChI=1S/C13H26N4.HI/c1-13(2,17-9-4-3-5-10-17)11-16-12-14-7-6-8-15-12;/h3-11H2,1-2H3,(H2,14,15,16);1H. The topological polar surface area (TPSA) is 39.7 Å². The zero-order valence-electron chi connectivity index (χ0n) is 11.7. The molecule has 2 N–H and O–H groups in total. The maximum atomic E-state index is 4.45. The molecule has 4 nitrogen and oxygen atoms in total. The van der Waals surface area contributed by atoms with Crippen LogP contribution in [0.1, 0.15) is 39.5 Å². The molecule has 0 aliphatic carbocycles. The minimum Gasteiger partial charge on any atom is -0.356 e. The summed E-state index contributed by atoms with van der Waals surface area (Å²) in [7, 11) is 0. The SMILES string of the molecule is CC(C)(CNC1=NCCCN1)N1CCCCC1.I. The minimum atomic E-state index is 0. The van der Waals surface area contributed by atoms with E-state index < -0.39 is 0 Å². The highest BCUT2D eigenvalue weighted by atomic mass is 127. The third kappa shape index (κ3) is 4.57. The molecule has 0 radical (unpaired) electrons. The molecule has 0 spiro atoms. The van der Waals surface area contributed by atoms with Gasteiger partial charge in [-0.2, -0.15) is 0 Å². The van der Waals surface area contributed by atoms with Gasteiger partial charge in [-0.05, 0) is 46.2 Å². The van der Waals surface area contributed by atoms with Crippen LogP contribution in [0.4, 0.5) is 0 Å². The molecule has 0 aromatic carbocycles. The normalized spacial score (nSPS) is 21.6. The Labute approximate surface area is 128 Å². The van der Waals surface area contributed by atoms with Crippen molar-refractivity contribution in [2.45, 2.75) is 45.1 Å². The molecule has 2 rings (SSSR count). The first-order valence-corrected chi connectivity index (χ1v) is 6.96. The number of nitrogens with zero attached hydrogens (tertiary/aromatic N) is 2. The fourth-order valence-electron chi connectivity index (χ4n) is 2.56. The van der Waals surface area contributed by atoms with E-state index in [9.17, 15) is 0 Å². The lowest BCUT2D eigenvalue weighted by molar-refractivity contribution is 0.0982. The Kier molecular flexibility index (Phi) is 6.70. The zero-order valence-corrected chi connectivity index (χ0v) is 14.0. The van der Waals surface area contributed by atoms with Crippen LogP contribution in [0, 0.1) is 0 Å². The van der Waals surface area contributed by atoms with Gasteiger partial charge in [0.1, 0.15) is 0 Å². The Morgan fingerprint density at radius 3 is 2.56 bits per heavy atom. The van der Waals surface area contributed by atoms with Crippen molar-refractivity contribution in [3.05, 3.63) is 0 Å². The summed E-state index contributed by atoms with van der Waals surface area (Å²) >= 11 is 0. The van der Waals surface area contributed by atoms with Gasteiger partial charge in [0, 0.05) is 25.2 Å². The molecule has 106 valence electrons. The second-order valence-electron chi connectivity index (χ2n) is 5.72. The summed E-state index contributed by atoms with van der Waals surface area (Å²) in [6.07, 6.45) is 5.25. The van der Waals surface area contributed by atoms with Gasteiger partial charge in [-0.15, -0.1) is 24.0 Å². The van der Waals surface area contributed by atoms with Crippen LogP contribution in [-0.2, 0) is 0 Å². The minimum absolute atomic E-state index is 0. The van der Waals surface area contributed by atoms with Crippen LogP contribution in [0.2, 0.25) is 0 Å². The molecule has 18 heavy (non-hydrogen) atoms. The third-order valence-electron chi connectivity index (χ3n) is 3.80. The molecule has 2 heterocycles. The van der Waals surface area contributed by atoms with Crippen LogP contribution in [-0.4, -0.2) is 49.1 Å². The Hall–Kier alpha value is -0.0400. The molecule has 2 aliphatic rings. The molecular formula is C13H27IN4. The van der Waals surface area contributed by atoms with E-state index in [1.807, 2.05) is 0 Å². The van der Waals surface area contributed by atoms with Gasteiger partial charge in [0.25, 0.3) is 0 Å². The molecule has 0 unspecified atom stereocenters. The van der Waals surface area contributed by atoms with E-state index in [-0.39, 0.29) is 29.5 Å². The van der Waals surface area contributed by atoms with Crippen molar-refractivity contribution in [3.63, 3.8) is 0 Å². The van der Waals surface area contributed by atoms with Crippen LogP contribution in [0.25, 0.3) is 0 Å². The summed E-state index contributed by atoms with van der Waals surface area (Å²) < 4.78 is 0. The van der Waals surface area contributed by atoms with Gasteiger partial charge in [0.15, 0.2) is 5.96 Å². The van der Waals surface area contributed by atoms with Gasteiger partial charge in [-0.3, -0.25) is 9.89 Å². The summed E-state index contributed by atoms with van der Waals surface area (Å²) in [6.45, 7) is 10.1. The molecule has 0 aromatic rings. The molecule has 0 saturated carbocycles. The molecule has 0 bridgehead atoms. The number of guanidine groups is 1. The average Bonchev–Trinajstić information content (AvgIpc) is 2.39. The highest BCUT2D eigenvalue weighted by Gasteiger charge is 2.27. The average molecular weight is 366 g/mol. The summed E-state index contributed by atoms with van der Waals surface area (Å²) in [5, 5.41) is 6.77. The summed E-state index contributed by atoms with van der Waals surface area (Å²) in [5.74, 6) is 0.987. The Bertz CT molecular complexity index is 272. The second kappa shape index (κ2) is 7.53. The monoisotopic (exact) mass is 366 g/mol. The van der Waals surface area contributed by atoms with Crippen LogP contribution >= 0.6 is 24.0 Å². The molecule has 1 fully saturated rings. The van der Waals surface area contributed by atoms with Crippen molar-refractivity contribution < 1.29 is 0 Å². The number of piperidine rings is 1. The van der Waals surface area contributed by atoms with E-state index in [0.717, 1.165) is 32.0 Å². The van der Waals surface area contributed by atoms with E-state index in [1.165, 1.54) is 32.4 Å². The van der Waals surface area contributed by atoms with Crippen molar-refractivity contribution in [2.75, 3.05) is 32.7 Å². The van der Waals surface area contributed by atoms with E-state index in [0.29, 0.717) is 0 Å². The van der Waals surface area contributed by atoms with Crippen molar-refractivity contribution in [1.82, 2.24) is 15.5 Å². The number of nitrogens with one attached hydrogen (secondary N) is 2. The molecule has 0 amide bonds. The van der Waals surface area contributed by atoms with E-state index >= 15 is 0 Å². The van der Waals surface area contributed by atoms with Gasteiger partial charge in [-0.25, -0.2) is 0 Å². The number of hydrogen-bond acceptors (Lipinski definition) is 4. The lowest BCUT2D eigenvalue weighted by Crippen LogP contribution is -2.55. The first-order chi connectivity index (χ1) is 8.18. The van der Waals surface area contributed by atoms with Gasteiger partial charge >= 0.3 is 0 Å². The predicted octanol–water partition coefficient (Wildman–Crippen LogP) is 1.81. The summed E-state index contributed by atoms with van der Waals surface area (Å²) in [5.41, 5.74) is 0.224. The highest BCUT2D eigenvalue weighted by molar-refractivity contribution is 14.0. The quantitative estimate of drug-likeness (QED) is 0.749. The summed E-state index contributed by atoms with van der Waals surface area (Å²) in [6, 6.07) is 0. The number of halogens is 1. The third-order valence-corrected chi connectivity index (χ3v) is 3.80.